The van der Waals surface area contributed by atoms with Crippen molar-refractivity contribution in [1.82, 2.24) is 5.32 Å². The third-order valence-corrected chi connectivity index (χ3v) is 1.74. The zero-order valence-electron chi connectivity index (χ0n) is 7.47. The first-order chi connectivity index (χ1) is 4.79. The molecule has 65 valence electrons. The van der Waals surface area contributed by atoms with E-state index in [-0.39, 0.29) is 27.3 Å². The molecule has 0 saturated carbocycles. The van der Waals surface area contributed by atoms with Gasteiger partial charge in [-0.1, -0.05) is 13.8 Å². The van der Waals surface area contributed by atoms with Crippen LogP contribution in [-0.4, -0.2) is 51.6 Å². The molecule has 0 unspecified atom stereocenters. The summed E-state index contributed by atoms with van der Waals surface area (Å²) in [6.45, 7) is 7.42. The van der Waals surface area contributed by atoms with Gasteiger partial charge in [-0.2, -0.15) is 0 Å². The van der Waals surface area contributed by atoms with Gasteiger partial charge in [0.1, 0.15) is 0 Å². The summed E-state index contributed by atoms with van der Waals surface area (Å²) in [4.78, 5) is 0. The molecule has 11 heavy (non-hydrogen) atoms. The van der Waals surface area contributed by atoms with Crippen LogP contribution < -0.4 is 5.32 Å². The maximum absolute atomic E-state index is 5.23. The van der Waals surface area contributed by atoms with E-state index >= 15 is 0 Å². The normalized spacial score (nSPS) is 23.7. The molecule has 1 heterocycles. The second kappa shape index (κ2) is 6.32. The van der Waals surface area contributed by atoms with Crippen LogP contribution in [-0.2, 0) is 4.74 Å². The third-order valence-electron chi connectivity index (χ3n) is 1.74. The molecule has 1 atom stereocenters. The number of ether oxygens (including phenoxy) is 1. The maximum atomic E-state index is 5.23. The van der Waals surface area contributed by atoms with Crippen LogP contribution in [0.2, 0.25) is 0 Å². The second-order valence-electron chi connectivity index (χ2n) is 3.36. The first-order valence-electron chi connectivity index (χ1n) is 4.10. The average molecular weight is 260 g/mol. The van der Waals surface area contributed by atoms with Crippen molar-refractivity contribution in [2.45, 2.75) is 26.3 Å². The fourth-order valence-electron chi connectivity index (χ4n) is 1.10. The maximum Gasteiger partial charge on any atom is 0.0620 e. The van der Waals surface area contributed by atoms with Crippen molar-refractivity contribution < 1.29 is 6.16 Å². The van der Waals surface area contributed by atoms with Crippen molar-refractivity contribution >= 4 is 25.8 Å². The van der Waals surface area contributed by atoms with Gasteiger partial charge in [-0.25, -0.2) is 0 Å². The standard InChI is InChI=1S/C8H17NO.In.H2/c1-7(2)5-9-8-3-4-10-6-8;;/h7-9H,3-6H2,1-2H3;;1H/t8-;;/m1../s1. The molecular formula is C8H19InNO. The Labute approximate surface area is 89.3 Å². The monoisotopic (exact) mass is 260 g/mol. The van der Waals surface area contributed by atoms with Crippen LogP contribution >= 0.6 is 0 Å². The molecule has 3 heteroatoms. The largest absolute Gasteiger partial charge is 0.380 e. The van der Waals surface area contributed by atoms with Crippen LogP contribution in [0.1, 0.15) is 21.7 Å². The SMILES string of the molecule is CC(C)CN[C@@H]1CCOC1.[HH].[In]. The summed E-state index contributed by atoms with van der Waals surface area (Å²) in [6, 6.07) is 0.627. The van der Waals surface area contributed by atoms with Crippen molar-refractivity contribution in [3.05, 3.63) is 0 Å². The van der Waals surface area contributed by atoms with Crippen LogP contribution in [0.25, 0.3) is 0 Å². The molecule has 0 aliphatic carbocycles. The topological polar surface area (TPSA) is 21.3 Å². The molecule has 3 radical (unpaired) electrons. The Balaban J connectivity index is 0. The molecular weight excluding hydrogens is 241 g/mol. The van der Waals surface area contributed by atoms with Gasteiger partial charge < -0.3 is 10.1 Å². The summed E-state index contributed by atoms with van der Waals surface area (Å²) in [5, 5.41) is 3.46. The number of hydrogen-bond acceptors (Lipinski definition) is 2. The summed E-state index contributed by atoms with van der Waals surface area (Å²) in [6.07, 6.45) is 1.19. The van der Waals surface area contributed by atoms with Gasteiger partial charge in [-0.3, -0.25) is 0 Å². The molecule has 0 spiro atoms. The average Bonchev–Trinajstić information content (AvgIpc) is 2.34. The number of hydrogen-bond donors (Lipinski definition) is 1. The number of nitrogens with one attached hydrogen (secondary N) is 1. The fraction of sp³-hybridized carbons (Fsp3) is 1.00. The minimum absolute atomic E-state index is 0. The Bertz CT molecular complexity index is 97.1. The predicted molar refractivity (Wildman–Crippen MR) is 49.9 cm³/mol. The van der Waals surface area contributed by atoms with Crippen LogP contribution in [0.15, 0.2) is 0 Å². The van der Waals surface area contributed by atoms with Crippen molar-refractivity contribution in [3.63, 3.8) is 0 Å². The molecule has 2 nitrogen and oxygen atoms in total. The zero-order valence-corrected chi connectivity index (χ0v) is 10.8. The van der Waals surface area contributed by atoms with Gasteiger partial charge in [0.25, 0.3) is 0 Å². The Hall–Kier alpha value is 0.790. The van der Waals surface area contributed by atoms with Gasteiger partial charge in [0, 0.05) is 39.9 Å². The summed E-state index contributed by atoms with van der Waals surface area (Å²) < 4.78 is 5.23. The summed E-state index contributed by atoms with van der Waals surface area (Å²) in [7, 11) is 0. The van der Waals surface area contributed by atoms with E-state index < -0.39 is 0 Å². The van der Waals surface area contributed by atoms with Gasteiger partial charge in [0.05, 0.1) is 6.61 Å². The smallest absolute Gasteiger partial charge is 0.0620 e. The molecule has 1 aliphatic heterocycles. The molecule has 0 bridgehead atoms. The van der Waals surface area contributed by atoms with E-state index in [4.69, 9.17) is 4.74 Å². The molecule has 0 aromatic rings. The Morgan fingerprint density at radius 1 is 1.64 bits per heavy atom. The fourth-order valence-corrected chi connectivity index (χ4v) is 1.10. The van der Waals surface area contributed by atoms with E-state index in [1.165, 1.54) is 6.42 Å². The van der Waals surface area contributed by atoms with Crippen LogP contribution in [0.3, 0.4) is 0 Å². The Morgan fingerprint density at radius 3 is 2.82 bits per heavy atom. The van der Waals surface area contributed by atoms with E-state index in [1.807, 2.05) is 0 Å². The van der Waals surface area contributed by atoms with E-state index in [9.17, 15) is 0 Å². The van der Waals surface area contributed by atoms with E-state index in [1.54, 1.807) is 0 Å². The predicted octanol–water partition coefficient (Wildman–Crippen LogP) is 0.886. The van der Waals surface area contributed by atoms with E-state index in [0.29, 0.717) is 6.04 Å². The van der Waals surface area contributed by atoms with Crippen molar-refractivity contribution in [1.29, 1.82) is 0 Å². The van der Waals surface area contributed by atoms with Crippen LogP contribution in [0.4, 0.5) is 0 Å². The molecule has 0 amide bonds. The molecule has 1 saturated heterocycles. The van der Waals surface area contributed by atoms with E-state index in [0.717, 1.165) is 25.7 Å². The summed E-state index contributed by atoms with van der Waals surface area (Å²) >= 11 is 0. The Kier molecular flexibility index (Phi) is 6.78. The third kappa shape index (κ3) is 5.10. The van der Waals surface area contributed by atoms with Gasteiger partial charge in [0.15, 0.2) is 0 Å². The number of rotatable bonds is 3. The van der Waals surface area contributed by atoms with E-state index in [2.05, 4.69) is 19.2 Å². The summed E-state index contributed by atoms with van der Waals surface area (Å²) in [5.74, 6) is 0.751. The molecule has 1 aliphatic rings. The minimum Gasteiger partial charge on any atom is -0.380 e. The molecule has 0 aromatic heterocycles. The van der Waals surface area contributed by atoms with Gasteiger partial charge in [0.2, 0.25) is 0 Å². The molecule has 1 fully saturated rings. The second-order valence-corrected chi connectivity index (χ2v) is 3.36. The zero-order chi connectivity index (χ0) is 7.40. The van der Waals surface area contributed by atoms with Crippen molar-refractivity contribution in [3.8, 4) is 0 Å². The van der Waals surface area contributed by atoms with Crippen LogP contribution in [0, 0.1) is 5.92 Å². The first kappa shape index (κ1) is 11.8. The van der Waals surface area contributed by atoms with Crippen LogP contribution in [0.5, 0.6) is 0 Å². The first-order valence-corrected chi connectivity index (χ1v) is 4.10. The van der Waals surface area contributed by atoms with Crippen molar-refractivity contribution in [2.75, 3.05) is 19.8 Å². The molecule has 1 rings (SSSR count). The minimum atomic E-state index is 0. The quantitative estimate of drug-likeness (QED) is 0.813. The van der Waals surface area contributed by atoms with Crippen molar-refractivity contribution in [2.24, 2.45) is 5.92 Å². The van der Waals surface area contributed by atoms with Gasteiger partial charge in [-0.05, 0) is 18.9 Å². The van der Waals surface area contributed by atoms with Gasteiger partial charge in [-0.15, -0.1) is 0 Å². The summed E-state index contributed by atoms with van der Waals surface area (Å²) in [5.41, 5.74) is 0. The molecule has 1 N–H and O–H groups in total. The van der Waals surface area contributed by atoms with Gasteiger partial charge >= 0.3 is 0 Å². The molecule has 0 aromatic carbocycles. The Morgan fingerprint density at radius 2 is 2.36 bits per heavy atom.